The fraction of sp³-hybridized carbons (Fsp3) is 0.222. The molecule has 0 unspecified atom stereocenters. The van der Waals surface area contributed by atoms with E-state index in [2.05, 4.69) is 0 Å². The third-order valence-electron chi connectivity index (χ3n) is 1.76. The lowest BCUT2D eigenvalue weighted by molar-refractivity contribution is -0.385. The van der Waals surface area contributed by atoms with E-state index in [0.717, 1.165) is 0 Å². The fourth-order valence-corrected chi connectivity index (χ4v) is 1.33. The molecule has 0 saturated carbocycles. The van der Waals surface area contributed by atoms with Gasteiger partial charge in [-0.2, -0.15) is 0 Å². The van der Waals surface area contributed by atoms with Crippen molar-refractivity contribution >= 4 is 23.3 Å². The van der Waals surface area contributed by atoms with Crippen molar-refractivity contribution in [3.63, 3.8) is 0 Å². The van der Waals surface area contributed by atoms with Crippen molar-refractivity contribution in [3.05, 3.63) is 38.9 Å². The lowest BCUT2D eigenvalue weighted by Crippen LogP contribution is -2.08. The molecule has 0 aliphatic rings. The van der Waals surface area contributed by atoms with Crippen molar-refractivity contribution in [1.29, 1.82) is 0 Å². The van der Waals surface area contributed by atoms with Crippen LogP contribution in [0.15, 0.2) is 18.2 Å². The normalized spacial score (nSPS) is 10.1. The highest BCUT2D eigenvalue weighted by atomic mass is 35.5. The molecule has 86 valence electrons. The second-order valence-electron chi connectivity index (χ2n) is 2.88. The molecule has 0 amide bonds. The molecule has 0 aliphatic heterocycles. The quantitative estimate of drug-likeness (QED) is 0.632. The molecule has 0 aliphatic carbocycles. The SMILES string of the molecule is O=C(O)COCc1c(Cl)cccc1[N+](=O)[O-]. The first-order chi connectivity index (χ1) is 7.52. The number of ether oxygens (including phenoxy) is 1. The van der Waals surface area contributed by atoms with Gasteiger partial charge in [-0.05, 0) is 6.07 Å². The van der Waals surface area contributed by atoms with E-state index < -0.39 is 17.5 Å². The summed E-state index contributed by atoms with van der Waals surface area (Å²) in [6, 6.07) is 4.21. The lowest BCUT2D eigenvalue weighted by atomic mass is 10.2. The Bertz CT molecular complexity index is 420. The lowest BCUT2D eigenvalue weighted by Gasteiger charge is -2.04. The van der Waals surface area contributed by atoms with Crippen LogP contribution in [-0.4, -0.2) is 22.6 Å². The summed E-state index contributed by atoms with van der Waals surface area (Å²) in [6.45, 7) is -0.731. The third-order valence-corrected chi connectivity index (χ3v) is 2.12. The number of hydrogen-bond acceptors (Lipinski definition) is 4. The Balaban J connectivity index is 2.84. The number of halogens is 1. The number of carbonyl (C=O) groups is 1. The fourth-order valence-electron chi connectivity index (χ4n) is 1.10. The van der Waals surface area contributed by atoms with Crippen molar-refractivity contribution in [3.8, 4) is 0 Å². The van der Waals surface area contributed by atoms with Gasteiger partial charge in [-0.25, -0.2) is 4.79 Å². The number of hydrogen-bond donors (Lipinski definition) is 1. The van der Waals surface area contributed by atoms with Crippen LogP contribution in [0.5, 0.6) is 0 Å². The first kappa shape index (κ1) is 12.4. The summed E-state index contributed by atoms with van der Waals surface area (Å²) in [7, 11) is 0. The van der Waals surface area contributed by atoms with Crippen LogP contribution in [0.3, 0.4) is 0 Å². The number of nitro benzene ring substituents is 1. The maximum atomic E-state index is 10.6. The number of nitro groups is 1. The van der Waals surface area contributed by atoms with Gasteiger partial charge in [0.25, 0.3) is 5.69 Å². The molecular formula is C9H8ClNO5. The number of nitrogens with zero attached hydrogens (tertiary/aromatic N) is 1. The van der Waals surface area contributed by atoms with E-state index in [1.54, 1.807) is 0 Å². The summed E-state index contributed by atoms with van der Waals surface area (Å²) < 4.78 is 4.76. The smallest absolute Gasteiger partial charge is 0.329 e. The number of rotatable bonds is 5. The molecule has 6 nitrogen and oxygen atoms in total. The molecule has 0 fully saturated rings. The Morgan fingerprint density at radius 2 is 2.25 bits per heavy atom. The molecule has 7 heteroatoms. The van der Waals surface area contributed by atoms with Gasteiger partial charge in [0.1, 0.15) is 6.61 Å². The Labute approximate surface area is 95.6 Å². The first-order valence-electron chi connectivity index (χ1n) is 4.23. The number of benzene rings is 1. The average molecular weight is 246 g/mol. The summed E-state index contributed by atoms with van der Waals surface area (Å²) >= 11 is 5.76. The van der Waals surface area contributed by atoms with Gasteiger partial charge in [0.15, 0.2) is 0 Å². The summed E-state index contributed by atoms with van der Waals surface area (Å²) in [5.74, 6) is -1.14. The molecule has 1 aromatic rings. The first-order valence-corrected chi connectivity index (χ1v) is 4.61. The maximum Gasteiger partial charge on any atom is 0.329 e. The number of carboxylic acid groups (broad SMARTS) is 1. The van der Waals surface area contributed by atoms with Crippen molar-refractivity contribution < 1.29 is 19.6 Å². The van der Waals surface area contributed by atoms with Gasteiger partial charge in [0.2, 0.25) is 0 Å². The third kappa shape index (κ3) is 3.18. The highest BCUT2D eigenvalue weighted by molar-refractivity contribution is 6.31. The van der Waals surface area contributed by atoms with E-state index in [1.165, 1.54) is 18.2 Å². The van der Waals surface area contributed by atoms with Crippen LogP contribution in [0.2, 0.25) is 5.02 Å². The van der Waals surface area contributed by atoms with Gasteiger partial charge in [-0.3, -0.25) is 10.1 Å². The van der Waals surface area contributed by atoms with Gasteiger partial charge >= 0.3 is 5.97 Å². The zero-order valence-electron chi connectivity index (χ0n) is 8.05. The second kappa shape index (κ2) is 5.43. The Hall–Kier alpha value is -1.66. The van der Waals surface area contributed by atoms with Crippen LogP contribution in [-0.2, 0) is 16.1 Å². The minimum absolute atomic E-state index is 0.176. The van der Waals surface area contributed by atoms with E-state index in [0.29, 0.717) is 0 Å². The van der Waals surface area contributed by atoms with E-state index in [-0.39, 0.29) is 22.9 Å². The molecule has 0 saturated heterocycles. The van der Waals surface area contributed by atoms with Gasteiger partial charge in [-0.1, -0.05) is 17.7 Å². The summed E-state index contributed by atoms with van der Waals surface area (Å²) in [4.78, 5) is 20.3. The summed E-state index contributed by atoms with van der Waals surface area (Å²) in [6.07, 6.45) is 0. The van der Waals surface area contributed by atoms with Crippen LogP contribution < -0.4 is 0 Å². The molecular weight excluding hydrogens is 238 g/mol. The maximum absolute atomic E-state index is 10.6. The average Bonchev–Trinajstić information content (AvgIpc) is 2.19. The van der Waals surface area contributed by atoms with Crippen molar-refractivity contribution in [1.82, 2.24) is 0 Å². The van der Waals surface area contributed by atoms with Crippen LogP contribution in [0.1, 0.15) is 5.56 Å². The summed E-state index contributed by atoms with van der Waals surface area (Å²) in [5.41, 5.74) is -0.00620. The molecule has 0 spiro atoms. The predicted octanol–water partition coefficient (Wildman–Crippen LogP) is 1.85. The predicted molar refractivity (Wildman–Crippen MR) is 55.4 cm³/mol. The van der Waals surface area contributed by atoms with Crippen LogP contribution in [0.25, 0.3) is 0 Å². The van der Waals surface area contributed by atoms with Gasteiger partial charge in [0, 0.05) is 6.07 Å². The van der Waals surface area contributed by atoms with E-state index in [1.807, 2.05) is 0 Å². The van der Waals surface area contributed by atoms with E-state index in [9.17, 15) is 14.9 Å². The highest BCUT2D eigenvalue weighted by Gasteiger charge is 2.16. The van der Waals surface area contributed by atoms with Crippen molar-refractivity contribution in [2.45, 2.75) is 6.61 Å². The summed E-state index contributed by atoms with van der Waals surface area (Å²) in [5, 5.41) is 19.2. The van der Waals surface area contributed by atoms with Crippen LogP contribution in [0, 0.1) is 10.1 Å². The molecule has 1 rings (SSSR count). The Morgan fingerprint density at radius 1 is 1.56 bits per heavy atom. The van der Waals surface area contributed by atoms with Crippen molar-refractivity contribution in [2.24, 2.45) is 0 Å². The van der Waals surface area contributed by atoms with Gasteiger partial charge in [0.05, 0.1) is 22.1 Å². The zero-order valence-corrected chi connectivity index (χ0v) is 8.81. The molecule has 1 aromatic carbocycles. The molecule has 0 heterocycles. The number of carboxylic acids is 1. The van der Waals surface area contributed by atoms with Gasteiger partial charge in [-0.15, -0.1) is 0 Å². The number of aliphatic carboxylic acids is 1. The second-order valence-corrected chi connectivity index (χ2v) is 3.29. The zero-order chi connectivity index (χ0) is 12.1. The van der Waals surface area contributed by atoms with E-state index in [4.69, 9.17) is 21.4 Å². The Morgan fingerprint density at radius 3 is 2.81 bits per heavy atom. The molecule has 0 atom stereocenters. The standard InChI is InChI=1S/C9H8ClNO5/c10-7-2-1-3-8(11(14)15)6(7)4-16-5-9(12)13/h1-3H,4-5H2,(H,12,13). The van der Waals surface area contributed by atoms with E-state index >= 15 is 0 Å². The highest BCUT2D eigenvalue weighted by Crippen LogP contribution is 2.26. The van der Waals surface area contributed by atoms with Crippen molar-refractivity contribution in [2.75, 3.05) is 6.61 Å². The largest absolute Gasteiger partial charge is 0.480 e. The minimum atomic E-state index is -1.14. The Kier molecular flexibility index (Phi) is 4.21. The minimum Gasteiger partial charge on any atom is -0.480 e. The van der Waals surface area contributed by atoms with Crippen LogP contribution >= 0.6 is 11.6 Å². The van der Waals surface area contributed by atoms with Crippen LogP contribution in [0.4, 0.5) is 5.69 Å². The molecule has 0 radical (unpaired) electrons. The molecule has 0 bridgehead atoms. The topological polar surface area (TPSA) is 89.7 Å². The monoisotopic (exact) mass is 245 g/mol. The molecule has 1 N–H and O–H groups in total. The van der Waals surface area contributed by atoms with Gasteiger partial charge < -0.3 is 9.84 Å². The molecule has 16 heavy (non-hydrogen) atoms. The molecule has 0 aromatic heterocycles.